The van der Waals surface area contributed by atoms with E-state index in [1.165, 1.54) is 29.2 Å². The molecule has 126 valence electrons. The van der Waals surface area contributed by atoms with Gasteiger partial charge in [-0.05, 0) is 36.4 Å². The number of carbonyl (C=O) groups excluding carboxylic acids is 2. The summed E-state index contributed by atoms with van der Waals surface area (Å²) in [6.07, 6.45) is 0. The summed E-state index contributed by atoms with van der Waals surface area (Å²) in [5.41, 5.74) is 0.187. The van der Waals surface area contributed by atoms with Gasteiger partial charge in [-0.3, -0.25) is 4.79 Å². The van der Waals surface area contributed by atoms with Gasteiger partial charge in [-0.15, -0.1) is 0 Å². The Hall–Kier alpha value is -2.41. The first-order chi connectivity index (χ1) is 11.4. The van der Waals surface area contributed by atoms with Gasteiger partial charge in [0.2, 0.25) is 0 Å². The van der Waals surface area contributed by atoms with Crippen LogP contribution in [-0.4, -0.2) is 37.5 Å². The average molecular weight is 396 g/mol. The molecule has 0 aromatic heterocycles. The molecular weight excluding hydrogens is 381 g/mol. The van der Waals surface area contributed by atoms with E-state index < -0.39 is 11.8 Å². The van der Waals surface area contributed by atoms with Crippen molar-refractivity contribution in [3.63, 3.8) is 0 Å². The Morgan fingerprint density at radius 2 is 1.92 bits per heavy atom. The van der Waals surface area contributed by atoms with Crippen LogP contribution in [0.1, 0.15) is 10.4 Å². The number of rotatable bonds is 5. The molecule has 0 heterocycles. The monoisotopic (exact) mass is 395 g/mol. The third kappa shape index (κ3) is 4.79. The van der Waals surface area contributed by atoms with Crippen molar-refractivity contribution in [1.29, 1.82) is 0 Å². The second kappa shape index (κ2) is 7.92. The van der Waals surface area contributed by atoms with Crippen LogP contribution in [0.4, 0.5) is 4.39 Å². The predicted molar refractivity (Wildman–Crippen MR) is 89.7 cm³/mol. The Kier molecular flexibility index (Phi) is 5.92. The Bertz CT molecular complexity index is 764. The minimum absolute atomic E-state index is 0.146. The highest BCUT2D eigenvalue weighted by atomic mass is 79.9. The fourth-order valence-electron chi connectivity index (χ4n) is 1.70. The molecule has 0 N–H and O–H groups in total. The van der Waals surface area contributed by atoms with Gasteiger partial charge in [0, 0.05) is 18.6 Å². The number of carbonyl (C=O) groups is 2. The largest absolute Gasteiger partial charge is 0.484 e. The normalized spacial score (nSPS) is 10.2. The lowest BCUT2D eigenvalue weighted by Gasteiger charge is -2.12. The number of hydrogen-bond acceptors (Lipinski definition) is 4. The van der Waals surface area contributed by atoms with Gasteiger partial charge >= 0.3 is 5.97 Å². The van der Waals surface area contributed by atoms with Crippen LogP contribution in [-0.2, 0) is 4.79 Å². The molecule has 0 fully saturated rings. The number of amides is 1. The number of halogens is 2. The number of benzene rings is 2. The molecule has 0 aliphatic rings. The molecule has 0 aliphatic heterocycles. The molecule has 0 spiro atoms. The maximum Gasteiger partial charge on any atom is 0.343 e. The van der Waals surface area contributed by atoms with Gasteiger partial charge in [0.25, 0.3) is 5.91 Å². The van der Waals surface area contributed by atoms with E-state index in [2.05, 4.69) is 15.9 Å². The number of nitrogens with zero attached hydrogens (tertiary/aromatic N) is 1. The minimum Gasteiger partial charge on any atom is -0.484 e. The van der Waals surface area contributed by atoms with Crippen LogP contribution < -0.4 is 9.47 Å². The maximum absolute atomic E-state index is 13.7. The summed E-state index contributed by atoms with van der Waals surface area (Å²) < 4.78 is 24.6. The van der Waals surface area contributed by atoms with Crippen LogP contribution in [0.25, 0.3) is 0 Å². The summed E-state index contributed by atoms with van der Waals surface area (Å²) in [5, 5.41) is 0. The van der Waals surface area contributed by atoms with E-state index in [0.29, 0.717) is 10.2 Å². The Labute approximate surface area is 147 Å². The van der Waals surface area contributed by atoms with E-state index in [0.717, 1.165) is 0 Å². The molecule has 0 radical (unpaired) electrons. The summed E-state index contributed by atoms with van der Waals surface area (Å²) in [7, 11) is 3.23. The molecule has 0 unspecified atom stereocenters. The van der Waals surface area contributed by atoms with E-state index in [1.54, 1.807) is 32.3 Å². The highest BCUT2D eigenvalue weighted by Gasteiger charge is 2.13. The lowest BCUT2D eigenvalue weighted by Crippen LogP contribution is -2.27. The van der Waals surface area contributed by atoms with Gasteiger partial charge in [-0.1, -0.05) is 22.0 Å². The Morgan fingerprint density at radius 1 is 1.17 bits per heavy atom. The van der Waals surface area contributed by atoms with Gasteiger partial charge in [-0.2, -0.15) is 0 Å². The summed E-state index contributed by atoms with van der Waals surface area (Å²) in [5.74, 6) is -1.41. The standard InChI is InChI=1S/C17H15BrFNO4/c1-20(2)16(21)10-23-13-5-3-4-11(8-13)17(22)24-15-7-6-12(18)9-14(15)19/h3-9H,10H2,1-2H3. The van der Waals surface area contributed by atoms with Gasteiger partial charge in [0.05, 0.1) is 5.56 Å². The minimum atomic E-state index is -0.722. The molecular formula is C17H15BrFNO4. The molecule has 2 rings (SSSR count). The van der Waals surface area contributed by atoms with Gasteiger partial charge in [0.15, 0.2) is 18.2 Å². The van der Waals surface area contributed by atoms with Crippen molar-refractivity contribution in [3.8, 4) is 11.5 Å². The van der Waals surface area contributed by atoms with E-state index in [9.17, 15) is 14.0 Å². The fraction of sp³-hybridized carbons (Fsp3) is 0.176. The van der Waals surface area contributed by atoms with Crippen molar-refractivity contribution in [1.82, 2.24) is 4.90 Å². The first-order valence-corrected chi connectivity index (χ1v) is 7.76. The predicted octanol–water partition coefficient (Wildman–Crippen LogP) is 3.27. The third-order valence-electron chi connectivity index (χ3n) is 3.03. The van der Waals surface area contributed by atoms with Crippen molar-refractivity contribution < 1.29 is 23.5 Å². The van der Waals surface area contributed by atoms with Crippen molar-refractivity contribution >= 4 is 27.8 Å². The van der Waals surface area contributed by atoms with E-state index in [1.807, 2.05) is 0 Å². The van der Waals surface area contributed by atoms with Crippen molar-refractivity contribution in [3.05, 3.63) is 58.3 Å². The van der Waals surface area contributed by atoms with Crippen LogP contribution in [0.15, 0.2) is 46.9 Å². The third-order valence-corrected chi connectivity index (χ3v) is 3.52. The highest BCUT2D eigenvalue weighted by Crippen LogP contribution is 2.23. The van der Waals surface area contributed by atoms with Gasteiger partial charge in [-0.25, -0.2) is 9.18 Å². The van der Waals surface area contributed by atoms with Crippen LogP contribution in [0.2, 0.25) is 0 Å². The first-order valence-electron chi connectivity index (χ1n) is 6.97. The molecule has 0 bridgehead atoms. The maximum atomic E-state index is 13.7. The quantitative estimate of drug-likeness (QED) is 0.575. The van der Waals surface area contributed by atoms with Gasteiger partial charge in [0.1, 0.15) is 5.75 Å². The second-order valence-corrected chi connectivity index (χ2v) is 5.98. The van der Waals surface area contributed by atoms with Crippen LogP contribution in [0.3, 0.4) is 0 Å². The lowest BCUT2D eigenvalue weighted by atomic mass is 10.2. The smallest absolute Gasteiger partial charge is 0.343 e. The van der Waals surface area contributed by atoms with Crippen molar-refractivity contribution in [2.24, 2.45) is 0 Å². The molecule has 24 heavy (non-hydrogen) atoms. The number of ether oxygens (including phenoxy) is 2. The van der Waals surface area contributed by atoms with Crippen LogP contribution >= 0.6 is 15.9 Å². The molecule has 5 nitrogen and oxygen atoms in total. The van der Waals surface area contributed by atoms with E-state index >= 15 is 0 Å². The van der Waals surface area contributed by atoms with Crippen molar-refractivity contribution in [2.45, 2.75) is 0 Å². The number of likely N-dealkylation sites (N-methyl/N-ethyl adjacent to an activating group) is 1. The fourth-order valence-corrected chi connectivity index (χ4v) is 2.04. The zero-order valence-corrected chi connectivity index (χ0v) is 14.7. The summed E-state index contributed by atoms with van der Waals surface area (Å²) in [6, 6.07) is 10.3. The molecule has 0 atom stereocenters. The molecule has 7 heteroatoms. The average Bonchev–Trinajstić information content (AvgIpc) is 2.55. The molecule has 0 aliphatic carbocycles. The second-order valence-electron chi connectivity index (χ2n) is 5.07. The number of esters is 1. The molecule has 2 aromatic rings. The lowest BCUT2D eigenvalue weighted by molar-refractivity contribution is -0.130. The van der Waals surface area contributed by atoms with Gasteiger partial charge < -0.3 is 14.4 Å². The van der Waals surface area contributed by atoms with E-state index in [-0.39, 0.29) is 23.8 Å². The summed E-state index contributed by atoms with van der Waals surface area (Å²) >= 11 is 3.13. The highest BCUT2D eigenvalue weighted by molar-refractivity contribution is 9.10. The zero-order valence-electron chi connectivity index (χ0n) is 13.1. The molecule has 1 amide bonds. The summed E-state index contributed by atoms with van der Waals surface area (Å²) in [4.78, 5) is 25.0. The number of hydrogen-bond donors (Lipinski definition) is 0. The molecule has 2 aromatic carbocycles. The molecule has 0 saturated heterocycles. The zero-order chi connectivity index (χ0) is 17.7. The van der Waals surface area contributed by atoms with Crippen molar-refractivity contribution in [2.75, 3.05) is 20.7 Å². The molecule has 0 saturated carbocycles. The SMILES string of the molecule is CN(C)C(=O)COc1cccc(C(=O)Oc2ccc(Br)cc2F)c1. The van der Waals surface area contributed by atoms with Crippen LogP contribution in [0.5, 0.6) is 11.5 Å². The first kappa shape index (κ1) is 17.9. The van der Waals surface area contributed by atoms with E-state index in [4.69, 9.17) is 9.47 Å². The Morgan fingerprint density at radius 3 is 2.58 bits per heavy atom. The van der Waals surface area contributed by atoms with Crippen LogP contribution in [0, 0.1) is 5.82 Å². The topological polar surface area (TPSA) is 55.8 Å². The summed E-state index contributed by atoms with van der Waals surface area (Å²) in [6.45, 7) is -0.146. The Balaban J connectivity index is 2.07.